The Morgan fingerprint density at radius 2 is 1.96 bits per heavy atom. The summed E-state index contributed by atoms with van der Waals surface area (Å²) in [6, 6.07) is 2.68. The topological polar surface area (TPSA) is 64.2 Å². The van der Waals surface area contributed by atoms with Crippen LogP contribution in [0.5, 0.6) is 0 Å². The van der Waals surface area contributed by atoms with E-state index in [4.69, 9.17) is 0 Å². The van der Waals surface area contributed by atoms with E-state index in [1.165, 1.54) is 22.9 Å². The molecule has 0 radical (unpaired) electrons. The van der Waals surface area contributed by atoms with Crippen LogP contribution in [-0.4, -0.2) is 39.2 Å². The summed E-state index contributed by atoms with van der Waals surface area (Å²) in [4.78, 5) is 17.4. The van der Waals surface area contributed by atoms with Gasteiger partial charge in [0.25, 0.3) is 5.56 Å². The van der Waals surface area contributed by atoms with Crippen molar-refractivity contribution < 1.29 is 17.7 Å². The fourth-order valence-corrected chi connectivity index (χ4v) is 1.79. The zero-order valence-electron chi connectivity index (χ0n) is 13.2. The van der Waals surface area contributed by atoms with Crippen LogP contribution in [0.25, 0.3) is 11.4 Å². The number of likely N-dealkylation sites (N-methyl/N-ethyl adjacent to an activating group) is 1. The molecule has 0 fully saturated rings. The number of rotatable bonds is 4. The highest BCUT2D eigenvalue weighted by Gasteiger charge is 2.38. The lowest BCUT2D eigenvalue weighted by Crippen LogP contribution is -2.44. The number of halogens is 3. The predicted octanol–water partition coefficient (Wildman–Crippen LogP) is 2.26. The van der Waals surface area contributed by atoms with Gasteiger partial charge in [0.1, 0.15) is 0 Å². The molecule has 0 amide bonds. The highest BCUT2D eigenvalue weighted by atomic mass is 19.4. The van der Waals surface area contributed by atoms with Gasteiger partial charge in [0.2, 0.25) is 5.82 Å². The average Bonchev–Trinajstić information content (AvgIpc) is 2.90. The molecule has 23 heavy (non-hydrogen) atoms. The molecule has 2 heterocycles. The van der Waals surface area contributed by atoms with Crippen molar-refractivity contribution in [3.63, 3.8) is 0 Å². The number of hydrogen-bond acceptors (Lipinski definition) is 5. The first-order chi connectivity index (χ1) is 10.5. The molecule has 0 N–H and O–H groups in total. The van der Waals surface area contributed by atoms with Crippen LogP contribution in [0, 0.1) is 0 Å². The molecule has 0 atom stereocenters. The Balaban J connectivity index is 2.30. The van der Waals surface area contributed by atoms with Crippen LogP contribution in [0.15, 0.2) is 27.6 Å². The summed E-state index contributed by atoms with van der Waals surface area (Å²) in [5.41, 5.74) is -0.440. The molecular weight excluding hydrogens is 313 g/mol. The SMILES string of the molecule is CN(C)C(C)(C)Cn1ccc(-c2noc(C(F)(F)F)n2)cc1=O. The van der Waals surface area contributed by atoms with E-state index >= 15 is 0 Å². The molecule has 0 aliphatic carbocycles. The molecule has 0 aliphatic rings. The van der Waals surface area contributed by atoms with E-state index in [-0.39, 0.29) is 22.5 Å². The third kappa shape index (κ3) is 3.79. The normalized spacial score (nSPS) is 12.9. The zero-order chi connectivity index (χ0) is 17.4. The minimum Gasteiger partial charge on any atom is -0.329 e. The van der Waals surface area contributed by atoms with E-state index in [9.17, 15) is 18.0 Å². The van der Waals surface area contributed by atoms with Gasteiger partial charge in [0, 0.05) is 29.9 Å². The summed E-state index contributed by atoms with van der Waals surface area (Å²) in [6.07, 6.45) is -3.21. The van der Waals surface area contributed by atoms with Crippen molar-refractivity contribution in [2.75, 3.05) is 14.1 Å². The van der Waals surface area contributed by atoms with E-state index in [1.807, 2.05) is 32.8 Å². The second kappa shape index (κ2) is 5.80. The van der Waals surface area contributed by atoms with Crippen molar-refractivity contribution in [1.29, 1.82) is 0 Å². The van der Waals surface area contributed by atoms with E-state index < -0.39 is 12.1 Å². The quantitative estimate of drug-likeness (QED) is 0.860. The third-order valence-electron chi connectivity index (χ3n) is 3.69. The van der Waals surface area contributed by atoms with Gasteiger partial charge in [-0.3, -0.25) is 4.79 Å². The van der Waals surface area contributed by atoms with Crippen molar-refractivity contribution in [2.45, 2.75) is 32.1 Å². The van der Waals surface area contributed by atoms with Crippen molar-refractivity contribution in [3.05, 3.63) is 34.6 Å². The molecule has 6 nitrogen and oxygen atoms in total. The molecule has 2 aromatic heterocycles. The molecule has 0 aliphatic heterocycles. The molecule has 0 saturated heterocycles. The maximum atomic E-state index is 12.5. The fraction of sp³-hybridized carbons (Fsp3) is 0.500. The van der Waals surface area contributed by atoms with Crippen molar-refractivity contribution in [1.82, 2.24) is 19.6 Å². The van der Waals surface area contributed by atoms with Gasteiger partial charge in [-0.25, -0.2) is 0 Å². The predicted molar refractivity (Wildman–Crippen MR) is 76.8 cm³/mol. The van der Waals surface area contributed by atoms with E-state index in [2.05, 4.69) is 14.7 Å². The summed E-state index contributed by atoms with van der Waals surface area (Å²) in [7, 11) is 3.80. The minimum absolute atomic E-state index is 0.174. The van der Waals surface area contributed by atoms with Gasteiger partial charge in [-0.15, -0.1) is 0 Å². The molecule has 0 bridgehead atoms. The summed E-state index contributed by atoms with van der Waals surface area (Å²) >= 11 is 0. The Morgan fingerprint density at radius 1 is 1.30 bits per heavy atom. The Labute approximate surface area is 130 Å². The third-order valence-corrected chi connectivity index (χ3v) is 3.69. The molecule has 0 spiro atoms. The van der Waals surface area contributed by atoms with E-state index in [1.54, 1.807) is 0 Å². The smallest absolute Gasteiger partial charge is 0.329 e. The number of nitrogens with zero attached hydrogens (tertiary/aromatic N) is 4. The monoisotopic (exact) mass is 330 g/mol. The van der Waals surface area contributed by atoms with Crippen molar-refractivity contribution in [3.8, 4) is 11.4 Å². The van der Waals surface area contributed by atoms with Crippen LogP contribution < -0.4 is 5.56 Å². The number of pyridine rings is 1. The Kier molecular flexibility index (Phi) is 4.34. The summed E-state index contributed by atoms with van der Waals surface area (Å²) in [5, 5.41) is 3.26. The maximum absolute atomic E-state index is 12.5. The first-order valence-electron chi connectivity index (χ1n) is 6.80. The van der Waals surface area contributed by atoms with Crippen LogP contribution >= 0.6 is 0 Å². The molecular formula is C14H17F3N4O2. The molecule has 0 aromatic carbocycles. The molecule has 9 heteroatoms. The summed E-state index contributed by atoms with van der Waals surface area (Å²) in [5.74, 6) is -1.71. The lowest BCUT2D eigenvalue weighted by atomic mass is 10.0. The Bertz CT molecular complexity index is 747. The molecule has 2 aromatic rings. The van der Waals surface area contributed by atoms with Gasteiger partial charge >= 0.3 is 12.1 Å². The van der Waals surface area contributed by atoms with Gasteiger partial charge in [0.05, 0.1) is 0 Å². The zero-order valence-corrected chi connectivity index (χ0v) is 13.2. The number of aromatic nitrogens is 3. The van der Waals surface area contributed by atoms with Gasteiger partial charge in [-0.1, -0.05) is 5.16 Å². The standard InChI is InChI=1S/C14H17F3N4O2/c1-13(2,20(3)4)8-21-6-5-9(7-10(21)22)11-18-12(23-19-11)14(15,16)17/h5-7H,8H2,1-4H3. The minimum atomic E-state index is -4.71. The second-order valence-electron chi connectivity index (χ2n) is 6.01. The van der Waals surface area contributed by atoms with Gasteiger partial charge < -0.3 is 14.0 Å². The lowest BCUT2D eigenvalue weighted by Gasteiger charge is -2.33. The first-order valence-corrected chi connectivity index (χ1v) is 6.80. The van der Waals surface area contributed by atoms with Gasteiger partial charge in [-0.05, 0) is 34.0 Å². The van der Waals surface area contributed by atoms with Crippen LogP contribution in [0.2, 0.25) is 0 Å². The number of alkyl halides is 3. The van der Waals surface area contributed by atoms with Crippen LogP contribution in [0.4, 0.5) is 13.2 Å². The van der Waals surface area contributed by atoms with Crippen LogP contribution in [0.3, 0.4) is 0 Å². The molecule has 2 rings (SSSR count). The average molecular weight is 330 g/mol. The molecule has 0 unspecified atom stereocenters. The highest BCUT2D eigenvalue weighted by Crippen LogP contribution is 2.29. The van der Waals surface area contributed by atoms with Crippen molar-refractivity contribution in [2.24, 2.45) is 0 Å². The van der Waals surface area contributed by atoms with Crippen molar-refractivity contribution >= 4 is 0 Å². The lowest BCUT2D eigenvalue weighted by molar-refractivity contribution is -0.159. The number of hydrogen-bond donors (Lipinski definition) is 0. The highest BCUT2D eigenvalue weighted by molar-refractivity contribution is 5.52. The van der Waals surface area contributed by atoms with Gasteiger partial charge in [0.15, 0.2) is 0 Å². The first kappa shape index (κ1) is 17.2. The van der Waals surface area contributed by atoms with Crippen LogP contribution in [0.1, 0.15) is 19.7 Å². The maximum Gasteiger partial charge on any atom is 0.471 e. The Hall–Kier alpha value is -2.16. The van der Waals surface area contributed by atoms with Gasteiger partial charge in [-0.2, -0.15) is 18.2 Å². The second-order valence-corrected chi connectivity index (χ2v) is 6.01. The van der Waals surface area contributed by atoms with Crippen LogP contribution in [-0.2, 0) is 12.7 Å². The van der Waals surface area contributed by atoms with E-state index in [0.717, 1.165) is 0 Å². The largest absolute Gasteiger partial charge is 0.471 e. The molecule has 0 saturated carbocycles. The summed E-state index contributed by atoms with van der Waals surface area (Å²) < 4.78 is 43.0. The Morgan fingerprint density at radius 3 is 2.43 bits per heavy atom. The van der Waals surface area contributed by atoms with E-state index in [0.29, 0.717) is 6.54 Å². The fourth-order valence-electron chi connectivity index (χ4n) is 1.79. The molecule has 126 valence electrons. The summed E-state index contributed by atoms with van der Waals surface area (Å²) in [6.45, 7) is 4.38.